The van der Waals surface area contributed by atoms with Crippen molar-refractivity contribution in [3.05, 3.63) is 64.5 Å². The van der Waals surface area contributed by atoms with Crippen LogP contribution >= 0.6 is 0 Å². The molecule has 0 radical (unpaired) electrons. The van der Waals surface area contributed by atoms with Crippen LogP contribution in [-0.2, 0) is 0 Å². The summed E-state index contributed by atoms with van der Waals surface area (Å²) in [4.78, 5) is 11.8. The van der Waals surface area contributed by atoms with Gasteiger partial charge in [-0.15, -0.1) is 0 Å². The second kappa shape index (κ2) is 4.74. The van der Waals surface area contributed by atoms with Crippen molar-refractivity contribution in [1.82, 2.24) is 0 Å². The van der Waals surface area contributed by atoms with Crippen molar-refractivity contribution in [1.29, 1.82) is 0 Å². The molecule has 0 spiro atoms. The van der Waals surface area contributed by atoms with Crippen LogP contribution in [0.15, 0.2) is 57.7 Å². The predicted octanol–water partition coefficient (Wildman–Crippen LogP) is 3.43. The molecule has 1 heterocycles. The molecule has 3 aromatic rings. The van der Waals surface area contributed by atoms with Gasteiger partial charge in [0.25, 0.3) is 0 Å². The Morgan fingerprint density at radius 1 is 1.05 bits per heavy atom. The van der Waals surface area contributed by atoms with E-state index < -0.39 is 5.63 Å². The van der Waals surface area contributed by atoms with Gasteiger partial charge < -0.3 is 15.5 Å². The van der Waals surface area contributed by atoms with E-state index in [1.54, 1.807) is 12.1 Å². The van der Waals surface area contributed by atoms with Crippen molar-refractivity contribution in [3.8, 4) is 0 Å². The van der Waals surface area contributed by atoms with Gasteiger partial charge in [-0.25, -0.2) is 4.79 Å². The average Bonchev–Trinajstić information content (AvgIpc) is 2.43. The van der Waals surface area contributed by atoms with Crippen LogP contribution in [0.4, 0.5) is 17.3 Å². The van der Waals surface area contributed by atoms with Gasteiger partial charge in [-0.1, -0.05) is 30.3 Å². The lowest BCUT2D eigenvalue weighted by molar-refractivity contribution is 0.542. The Morgan fingerprint density at radius 3 is 2.55 bits per heavy atom. The number of anilines is 3. The minimum absolute atomic E-state index is 0.0928. The molecule has 4 nitrogen and oxygen atoms in total. The van der Waals surface area contributed by atoms with E-state index in [0.29, 0.717) is 11.1 Å². The first-order chi connectivity index (χ1) is 9.65. The molecular formula is C16H14N2O2. The number of nitrogen functional groups attached to an aromatic ring is 1. The highest BCUT2D eigenvalue weighted by Crippen LogP contribution is 2.30. The van der Waals surface area contributed by atoms with Crippen LogP contribution in [0, 0.1) is 6.92 Å². The second-order valence-electron chi connectivity index (χ2n) is 4.67. The molecule has 4 heteroatoms. The van der Waals surface area contributed by atoms with E-state index in [1.165, 1.54) is 0 Å². The predicted molar refractivity (Wildman–Crippen MR) is 81.4 cm³/mol. The van der Waals surface area contributed by atoms with Gasteiger partial charge in [0, 0.05) is 11.1 Å². The van der Waals surface area contributed by atoms with E-state index in [9.17, 15) is 4.79 Å². The number of hydrogen-bond donors (Lipinski definition) is 2. The number of fused-ring (bicyclic) bond motifs is 1. The molecule has 3 N–H and O–H groups in total. The van der Waals surface area contributed by atoms with E-state index in [0.717, 1.165) is 16.6 Å². The third-order valence-electron chi connectivity index (χ3n) is 3.15. The molecule has 0 amide bonds. The van der Waals surface area contributed by atoms with Crippen molar-refractivity contribution >= 4 is 28.0 Å². The van der Waals surface area contributed by atoms with Gasteiger partial charge in [0.05, 0.1) is 5.39 Å². The molecule has 20 heavy (non-hydrogen) atoms. The first-order valence-electron chi connectivity index (χ1n) is 6.30. The Morgan fingerprint density at radius 2 is 1.80 bits per heavy atom. The van der Waals surface area contributed by atoms with Crippen molar-refractivity contribution in [2.75, 3.05) is 11.1 Å². The molecule has 2 aromatic carbocycles. The number of rotatable bonds is 2. The van der Waals surface area contributed by atoms with Crippen LogP contribution in [0.5, 0.6) is 0 Å². The Hall–Kier alpha value is -2.75. The molecule has 0 atom stereocenters. The molecule has 0 aliphatic rings. The molecule has 0 aliphatic carbocycles. The standard InChI is InChI=1S/C16H14N2O2/c1-10-5-4-6-11(9-10)18-14-12-7-2-3-8-13(12)16(19)20-15(14)17/h2-9,18H,17H2,1H3. The van der Waals surface area contributed by atoms with Crippen molar-refractivity contribution in [2.45, 2.75) is 6.92 Å². The van der Waals surface area contributed by atoms with Crippen LogP contribution in [0.1, 0.15) is 5.56 Å². The van der Waals surface area contributed by atoms with Crippen LogP contribution in [-0.4, -0.2) is 0 Å². The van der Waals surface area contributed by atoms with Gasteiger partial charge in [0.15, 0.2) is 0 Å². The average molecular weight is 266 g/mol. The first-order valence-corrected chi connectivity index (χ1v) is 6.30. The maximum Gasteiger partial charge on any atom is 0.345 e. The number of hydrogen-bond acceptors (Lipinski definition) is 4. The van der Waals surface area contributed by atoms with E-state index in [4.69, 9.17) is 10.2 Å². The van der Waals surface area contributed by atoms with Crippen LogP contribution < -0.4 is 16.7 Å². The summed E-state index contributed by atoms with van der Waals surface area (Å²) in [7, 11) is 0. The van der Waals surface area contributed by atoms with Crippen LogP contribution in [0.25, 0.3) is 10.8 Å². The highest BCUT2D eigenvalue weighted by atomic mass is 16.4. The maximum absolute atomic E-state index is 11.8. The van der Waals surface area contributed by atoms with Crippen molar-refractivity contribution in [2.24, 2.45) is 0 Å². The van der Waals surface area contributed by atoms with Crippen molar-refractivity contribution in [3.63, 3.8) is 0 Å². The molecule has 0 saturated carbocycles. The number of nitrogens with one attached hydrogen (secondary N) is 1. The summed E-state index contributed by atoms with van der Waals surface area (Å²) in [6.07, 6.45) is 0. The van der Waals surface area contributed by atoms with Gasteiger partial charge in [-0.2, -0.15) is 0 Å². The zero-order valence-electron chi connectivity index (χ0n) is 11.0. The number of aryl methyl sites for hydroxylation is 1. The number of benzene rings is 2. The number of nitrogens with two attached hydrogens (primary N) is 1. The molecule has 100 valence electrons. The van der Waals surface area contributed by atoms with E-state index >= 15 is 0 Å². The van der Waals surface area contributed by atoms with Crippen molar-refractivity contribution < 1.29 is 4.42 Å². The quantitative estimate of drug-likeness (QED) is 0.745. The van der Waals surface area contributed by atoms with Crippen LogP contribution in [0.3, 0.4) is 0 Å². The molecular weight excluding hydrogens is 252 g/mol. The summed E-state index contributed by atoms with van der Waals surface area (Å²) in [5.74, 6) is 0.0928. The van der Waals surface area contributed by atoms with Gasteiger partial charge in [0.1, 0.15) is 5.69 Å². The molecule has 0 aliphatic heterocycles. The van der Waals surface area contributed by atoms with Gasteiger partial charge >= 0.3 is 5.63 Å². The highest BCUT2D eigenvalue weighted by molar-refractivity contribution is 5.98. The molecule has 1 aromatic heterocycles. The lowest BCUT2D eigenvalue weighted by atomic mass is 10.1. The van der Waals surface area contributed by atoms with Gasteiger partial charge in [0.2, 0.25) is 5.88 Å². The molecule has 0 bridgehead atoms. The second-order valence-corrected chi connectivity index (χ2v) is 4.67. The first kappa shape index (κ1) is 12.3. The third-order valence-corrected chi connectivity index (χ3v) is 3.15. The summed E-state index contributed by atoms with van der Waals surface area (Å²) in [6, 6.07) is 15.1. The maximum atomic E-state index is 11.8. The fourth-order valence-electron chi connectivity index (χ4n) is 2.21. The van der Waals surface area contributed by atoms with Crippen LogP contribution in [0.2, 0.25) is 0 Å². The Bertz CT molecular complexity index is 837. The highest BCUT2D eigenvalue weighted by Gasteiger charge is 2.11. The fraction of sp³-hybridized carbons (Fsp3) is 0.0625. The Kier molecular flexibility index (Phi) is 2.91. The summed E-state index contributed by atoms with van der Waals surface area (Å²) in [5, 5.41) is 4.49. The summed E-state index contributed by atoms with van der Waals surface area (Å²) in [6.45, 7) is 2.01. The zero-order valence-corrected chi connectivity index (χ0v) is 11.0. The Labute approximate surface area is 115 Å². The van der Waals surface area contributed by atoms with E-state index in [2.05, 4.69) is 5.32 Å². The minimum Gasteiger partial charge on any atom is -0.404 e. The minimum atomic E-state index is -0.423. The normalized spacial score (nSPS) is 10.7. The molecule has 3 rings (SSSR count). The lowest BCUT2D eigenvalue weighted by Gasteiger charge is -2.11. The fourth-order valence-corrected chi connectivity index (χ4v) is 2.21. The molecule has 0 unspecified atom stereocenters. The van der Waals surface area contributed by atoms with E-state index in [1.807, 2.05) is 43.3 Å². The van der Waals surface area contributed by atoms with Gasteiger partial charge in [-0.05, 0) is 30.7 Å². The molecule has 0 saturated heterocycles. The third kappa shape index (κ3) is 2.12. The summed E-state index contributed by atoms with van der Waals surface area (Å²) in [5.41, 5.74) is 8.07. The smallest absolute Gasteiger partial charge is 0.345 e. The monoisotopic (exact) mass is 266 g/mol. The summed E-state index contributed by atoms with van der Waals surface area (Å²) < 4.78 is 5.08. The largest absolute Gasteiger partial charge is 0.404 e. The lowest BCUT2D eigenvalue weighted by Crippen LogP contribution is -2.06. The van der Waals surface area contributed by atoms with E-state index in [-0.39, 0.29) is 5.88 Å². The summed E-state index contributed by atoms with van der Waals surface area (Å²) >= 11 is 0. The SMILES string of the molecule is Cc1cccc(Nc2c(N)oc(=O)c3ccccc23)c1. The Balaban J connectivity index is 2.19. The zero-order chi connectivity index (χ0) is 14.1. The van der Waals surface area contributed by atoms with Gasteiger partial charge in [-0.3, -0.25) is 0 Å². The topological polar surface area (TPSA) is 68.3 Å². The molecule has 0 fully saturated rings.